The molecule has 3 heteroatoms. The zero-order valence-corrected chi connectivity index (χ0v) is 9.11. The van der Waals surface area contributed by atoms with Crippen molar-refractivity contribution in [3.63, 3.8) is 0 Å². The van der Waals surface area contributed by atoms with Crippen LogP contribution in [0.2, 0.25) is 0 Å². The quantitative estimate of drug-likeness (QED) is 0.708. The molecule has 0 spiro atoms. The fourth-order valence-electron chi connectivity index (χ4n) is 2.00. The molecule has 0 saturated heterocycles. The van der Waals surface area contributed by atoms with Crippen LogP contribution in [0.3, 0.4) is 0 Å². The fourth-order valence-corrected chi connectivity index (χ4v) is 2.00. The molecule has 0 radical (unpaired) electrons. The van der Waals surface area contributed by atoms with Crippen molar-refractivity contribution < 1.29 is 9.53 Å². The largest absolute Gasteiger partial charge is 0.370 e. The topological polar surface area (TPSA) is 31.2 Å². The van der Waals surface area contributed by atoms with Gasteiger partial charge >= 0.3 is 0 Å². The predicted octanol–water partition coefficient (Wildman–Crippen LogP) is 2.17. The lowest BCUT2D eigenvalue weighted by molar-refractivity contribution is 0.0482. The van der Waals surface area contributed by atoms with Crippen LogP contribution in [0, 0.1) is 0 Å². The maximum atomic E-state index is 11.7. The van der Waals surface area contributed by atoms with Gasteiger partial charge in [-0.2, -0.15) is 0 Å². The highest BCUT2D eigenvalue weighted by atomic mass is 16.5. The zero-order chi connectivity index (χ0) is 10.7. The Bertz CT molecular complexity index is 337. The Morgan fingerprint density at radius 2 is 2.27 bits per heavy atom. The van der Waals surface area contributed by atoms with Crippen LogP contribution in [0.15, 0.2) is 18.5 Å². The van der Waals surface area contributed by atoms with Crippen LogP contribution in [0.5, 0.6) is 0 Å². The summed E-state index contributed by atoms with van der Waals surface area (Å²) in [6.45, 7) is 0.231. The number of hydrogen-bond acceptors (Lipinski definition) is 2. The Balaban J connectivity index is 1.81. The summed E-state index contributed by atoms with van der Waals surface area (Å²) in [4.78, 5) is 11.7. The van der Waals surface area contributed by atoms with Crippen molar-refractivity contribution in [2.24, 2.45) is 7.05 Å². The van der Waals surface area contributed by atoms with Crippen molar-refractivity contribution in [2.45, 2.75) is 31.8 Å². The highest BCUT2D eigenvalue weighted by Gasteiger charge is 2.17. The van der Waals surface area contributed by atoms with Gasteiger partial charge in [0.25, 0.3) is 0 Å². The summed E-state index contributed by atoms with van der Waals surface area (Å²) in [6.07, 6.45) is 8.74. The van der Waals surface area contributed by atoms with Crippen molar-refractivity contribution in [3.8, 4) is 0 Å². The standard InChI is InChI=1S/C12H17NO2/c1-13-7-6-10(8-13)12(14)9-15-11-4-2-3-5-11/h6-8,11H,2-5,9H2,1H3. The maximum Gasteiger partial charge on any atom is 0.189 e. The number of rotatable bonds is 4. The summed E-state index contributed by atoms with van der Waals surface area (Å²) in [5.74, 6) is 0.0856. The van der Waals surface area contributed by atoms with E-state index in [0.29, 0.717) is 6.10 Å². The van der Waals surface area contributed by atoms with Crippen LogP contribution in [0.25, 0.3) is 0 Å². The van der Waals surface area contributed by atoms with E-state index in [1.54, 1.807) is 0 Å². The lowest BCUT2D eigenvalue weighted by Crippen LogP contribution is -2.15. The number of carbonyl (C=O) groups is 1. The van der Waals surface area contributed by atoms with E-state index >= 15 is 0 Å². The first-order chi connectivity index (χ1) is 7.25. The molecule has 0 N–H and O–H groups in total. The van der Waals surface area contributed by atoms with E-state index in [2.05, 4.69) is 0 Å². The summed E-state index contributed by atoms with van der Waals surface area (Å²) < 4.78 is 7.45. The molecule has 0 aliphatic heterocycles. The molecule has 15 heavy (non-hydrogen) atoms. The molecule has 1 saturated carbocycles. The van der Waals surface area contributed by atoms with Crippen LogP contribution in [0.1, 0.15) is 36.0 Å². The number of Topliss-reactive ketones (excluding diaryl/α,β-unsaturated/α-hetero) is 1. The average molecular weight is 207 g/mol. The molecule has 1 aromatic heterocycles. The SMILES string of the molecule is Cn1ccc(C(=O)COC2CCCC2)c1. The molecule has 1 aliphatic rings. The van der Waals surface area contributed by atoms with Crippen molar-refractivity contribution in [1.29, 1.82) is 0 Å². The van der Waals surface area contributed by atoms with E-state index in [1.807, 2.05) is 30.1 Å². The second kappa shape index (κ2) is 4.62. The minimum Gasteiger partial charge on any atom is -0.370 e. The van der Waals surface area contributed by atoms with Crippen molar-refractivity contribution >= 4 is 5.78 Å². The number of aryl methyl sites for hydroxylation is 1. The third-order valence-electron chi connectivity index (χ3n) is 2.91. The molecule has 3 nitrogen and oxygen atoms in total. The van der Waals surface area contributed by atoms with Gasteiger partial charge in [0.1, 0.15) is 6.61 Å². The second-order valence-electron chi connectivity index (χ2n) is 4.21. The predicted molar refractivity (Wildman–Crippen MR) is 58.0 cm³/mol. The molecule has 0 bridgehead atoms. The van der Waals surface area contributed by atoms with Gasteiger partial charge in [-0.05, 0) is 18.9 Å². The van der Waals surface area contributed by atoms with Gasteiger partial charge in [0.2, 0.25) is 0 Å². The molecule has 82 valence electrons. The van der Waals surface area contributed by atoms with Gasteiger partial charge in [0.05, 0.1) is 6.10 Å². The van der Waals surface area contributed by atoms with Crippen LogP contribution in [-0.4, -0.2) is 23.1 Å². The number of ether oxygens (including phenoxy) is 1. The third kappa shape index (κ3) is 2.69. The summed E-state index contributed by atoms with van der Waals surface area (Å²) in [5.41, 5.74) is 0.746. The lowest BCUT2D eigenvalue weighted by atomic mass is 10.2. The summed E-state index contributed by atoms with van der Waals surface area (Å²) in [7, 11) is 1.91. The minimum absolute atomic E-state index is 0.0856. The molecular weight excluding hydrogens is 190 g/mol. The minimum atomic E-state index is 0.0856. The normalized spacial score (nSPS) is 17.1. The first kappa shape index (κ1) is 10.4. The molecule has 1 heterocycles. The van der Waals surface area contributed by atoms with Gasteiger partial charge in [-0.1, -0.05) is 12.8 Å². The van der Waals surface area contributed by atoms with E-state index < -0.39 is 0 Å². The van der Waals surface area contributed by atoms with Crippen LogP contribution in [0.4, 0.5) is 0 Å². The van der Waals surface area contributed by atoms with E-state index in [4.69, 9.17) is 4.74 Å². The van der Waals surface area contributed by atoms with E-state index in [-0.39, 0.29) is 12.4 Å². The monoisotopic (exact) mass is 207 g/mol. The Labute approximate surface area is 90.0 Å². The molecule has 1 fully saturated rings. The highest BCUT2D eigenvalue weighted by molar-refractivity contribution is 5.96. The maximum absolute atomic E-state index is 11.7. The van der Waals surface area contributed by atoms with Crippen molar-refractivity contribution in [1.82, 2.24) is 4.57 Å². The smallest absolute Gasteiger partial charge is 0.189 e. The Kier molecular flexibility index (Phi) is 3.21. The number of aromatic nitrogens is 1. The van der Waals surface area contributed by atoms with Crippen molar-refractivity contribution in [2.75, 3.05) is 6.61 Å². The number of nitrogens with zero attached hydrogens (tertiary/aromatic N) is 1. The Hall–Kier alpha value is -1.09. The van der Waals surface area contributed by atoms with Crippen LogP contribution in [-0.2, 0) is 11.8 Å². The van der Waals surface area contributed by atoms with Crippen LogP contribution < -0.4 is 0 Å². The number of carbonyl (C=O) groups excluding carboxylic acids is 1. The Morgan fingerprint density at radius 3 is 2.87 bits per heavy atom. The van der Waals surface area contributed by atoms with Crippen molar-refractivity contribution in [3.05, 3.63) is 24.0 Å². The summed E-state index contributed by atoms with van der Waals surface area (Å²) >= 11 is 0. The van der Waals surface area contributed by atoms with Gasteiger partial charge in [-0.25, -0.2) is 0 Å². The molecule has 1 aliphatic carbocycles. The lowest BCUT2D eigenvalue weighted by Gasteiger charge is -2.09. The molecular formula is C12H17NO2. The second-order valence-corrected chi connectivity index (χ2v) is 4.21. The van der Waals surface area contributed by atoms with E-state index in [0.717, 1.165) is 18.4 Å². The van der Waals surface area contributed by atoms with E-state index in [1.165, 1.54) is 12.8 Å². The summed E-state index contributed by atoms with van der Waals surface area (Å²) in [6, 6.07) is 1.83. The molecule has 2 rings (SSSR count). The average Bonchev–Trinajstić information content (AvgIpc) is 2.84. The molecule has 0 atom stereocenters. The van der Waals surface area contributed by atoms with Gasteiger partial charge < -0.3 is 9.30 Å². The van der Waals surface area contributed by atoms with Gasteiger partial charge in [-0.3, -0.25) is 4.79 Å². The molecule has 1 aromatic rings. The van der Waals surface area contributed by atoms with E-state index in [9.17, 15) is 4.79 Å². The Morgan fingerprint density at radius 1 is 1.53 bits per heavy atom. The third-order valence-corrected chi connectivity index (χ3v) is 2.91. The molecule has 0 amide bonds. The van der Waals surface area contributed by atoms with Gasteiger partial charge in [0, 0.05) is 25.0 Å². The van der Waals surface area contributed by atoms with Crippen LogP contribution >= 0.6 is 0 Å². The summed E-state index contributed by atoms with van der Waals surface area (Å²) in [5, 5.41) is 0. The van der Waals surface area contributed by atoms with Gasteiger partial charge in [-0.15, -0.1) is 0 Å². The number of ketones is 1. The molecule has 0 unspecified atom stereocenters. The zero-order valence-electron chi connectivity index (χ0n) is 9.11. The fraction of sp³-hybridized carbons (Fsp3) is 0.583. The molecule has 0 aromatic carbocycles. The first-order valence-corrected chi connectivity index (χ1v) is 5.52. The first-order valence-electron chi connectivity index (χ1n) is 5.52. The van der Waals surface area contributed by atoms with Gasteiger partial charge in [0.15, 0.2) is 5.78 Å². The highest BCUT2D eigenvalue weighted by Crippen LogP contribution is 2.20. The number of hydrogen-bond donors (Lipinski definition) is 0.